The number of nitrogens with zero attached hydrogens (tertiary/aromatic N) is 1. The average Bonchev–Trinajstić information content (AvgIpc) is 2.55. The number of benzene rings is 2. The van der Waals surface area contributed by atoms with Crippen molar-refractivity contribution in [3.63, 3.8) is 0 Å². The van der Waals surface area contributed by atoms with Crippen molar-refractivity contribution >= 4 is 11.6 Å². The predicted molar refractivity (Wildman–Crippen MR) is 101 cm³/mol. The van der Waals surface area contributed by atoms with Crippen LogP contribution in [0.25, 0.3) is 0 Å². The van der Waals surface area contributed by atoms with E-state index >= 15 is 0 Å². The molecule has 0 bridgehead atoms. The number of carbonyl (C=O) groups excluding carboxylic acids is 1. The lowest BCUT2D eigenvalue weighted by molar-refractivity contribution is -0.130. The van der Waals surface area contributed by atoms with Crippen molar-refractivity contribution in [2.45, 2.75) is 39.2 Å². The number of hydrogen-bond acceptors (Lipinski definition) is 2. The molecule has 0 aliphatic rings. The second-order valence-corrected chi connectivity index (χ2v) is 7.24. The molecule has 0 radical (unpaired) electrons. The molecule has 0 fully saturated rings. The van der Waals surface area contributed by atoms with Crippen LogP contribution < -0.4 is 5.32 Å². The van der Waals surface area contributed by atoms with Gasteiger partial charge in [0.1, 0.15) is 0 Å². The molecule has 2 rings (SSSR count). The van der Waals surface area contributed by atoms with Crippen molar-refractivity contribution in [2.24, 2.45) is 0 Å². The third-order valence-corrected chi connectivity index (χ3v) is 4.11. The number of amides is 1. The van der Waals surface area contributed by atoms with Crippen LogP contribution in [-0.2, 0) is 16.8 Å². The van der Waals surface area contributed by atoms with E-state index in [0.717, 1.165) is 11.3 Å². The fourth-order valence-electron chi connectivity index (χ4n) is 2.54. The van der Waals surface area contributed by atoms with Crippen LogP contribution in [0.3, 0.4) is 0 Å². The second kappa shape index (κ2) is 8.00. The van der Waals surface area contributed by atoms with Crippen LogP contribution >= 0.6 is 0 Å². The zero-order valence-electron chi connectivity index (χ0n) is 15.2. The Labute approximate surface area is 145 Å². The highest BCUT2D eigenvalue weighted by Gasteiger charge is 2.13. The SMILES string of the molecule is CN(Cc1ccccc1)C(=O)CCNc1ccc(C(C)(C)C)cc1. The lowest BCUT2D eigenvalue weighted by atomic mass is 9.87. The van der Waals surface area contributed by atoms with E-state index < -0.39 is 0 Å². The molecule has 0 saturated heterocycles. The predicted octanol–water partition coefficient (Wildman–Crippen LogP) is 4.44. The molecule has 0 aliphatic carbocycles. The number of anilines is 1. The van der Waals surface area contributed by atoms with Crippen LogP contribution in [0, 0.1) is 0 Å². The Kier molecular flexibility index (Phi) is 6.02. The van der Waals surface area contributed by atoms with Gasteiger partial charge in [-0.3, -0.25) is 4.79 Å². The molecular weight excluding hydrogens is 296 g/mol. The first-order valence-electron chi connectivity index (χ1n) is 8.48. The van der Waals surface area contributed by atoms with Gasteiger partial charge in [-0.15, -0.1) is 0 Å². The van der Waals surface area contributed by atoms with Crippen molar-refractivity contribution in [3.8, 4) is 0 Å². The zero-order chi connectivity index (χ0) is 17.6. The summed E-state index contributed by atoms with van der Waals surface area (Å²) in [5.74, 6) is 0.151. The van der Waals surface area contributed by atoms with E-state index in [4.69, 9.17) is 0 Å². The van der Waals surface area contributed by atoms with Gasteiger partial charge in [0.25, 0.3) is 0 Å². The van der Waals surface area contributed by atoms with Crippen molar-refractivity contribution < 1.29 is 4.79 Å². The van der Waals surface area contributed by atoms with E-state index in [1.165, 1.54) is 5.56 Å². The van der Waals surface area contributed by atoms with E-state index in [1.54, 1.807) is 4.90 Å². The molecule has 0 aliphatic heterocycles. The molecule has 24 heavy (non-hydrogen) atoms. The summed E-state index contributed by atoms with van der Waals surface area (Å²) in [7, 11) is 1.85. The zero-order valence-corrected chi connectivity index (χ0v) is 15.2. The first-order chi connectivity index (χ1) is 11.4. The molecule has 3 nitrogen and oxygen atoms in total. The van der Waals surface area contributed by atoms with Crippen molar-refractivity contribution in [2.75, 3.05) is 18.9 Å². The van der Waals surface area contributed by atoms with Crippen molar-refractivity contribution in [1.29, 1.82) is 0 Å². The van der Waals surface area contributed by atoms with Gasteiger partial charge in [-0.1, -0.05) is 63.2 Å². The van der Waals surface area contributed by atoms with Gasteiger partial charge in [0.15, 0.2) is 0 Å². The van der Waals surface area contributed by atoms with Gasteiger partial charge in [0.05, 0.1) is 0 Å². The molecular formula is C21H28N2O. The van der Waals surface area contributed by atoms with Gasteiger partial charge >= 0.3 is 0 Å². The minimum atomic E-state index is 0.151. The van der Waals surface area contributed by atoms with Gasteiger partial charge in [-0.2, -0.15) is 0 Å². The monoisotopic (exact) mass is 324 g/mol. The molecule has 2 aromatic rings. The summed E-state index contributed by atoms with van der Waals surface area (Å²) < 4.78 is 0. The Morgan fingerprint density at radius 1 is 1.00 bits per heavy atom. The molecule has 1 N–H and O–H groups in total. The minimum Gasteiger partial charge on any atom is -0.385 e. The topological polar surface area (TPSA) is 32.3 Å². The van der Waals surface area contributed by atoms with Crippen LogP contribution in [0.4, 0.5) is 5.69 Å². The molecule has 1 amide bonds. The lowest BCUT2D eigenvalue weighted by Gasteiger charge is -2.20. The smallest absolute Gasteiger partial charge is 0.224 e. The number of hydrogen-bond donors (Lipinski definition) is 1. The summed E-state index contributed by atoms with van der Waals surface area (Å²) >= 11 is 0. The maximum Gasteiger partial charge on any atom is 0.224 e. The fraction of sp³-hybridized carbons (Fsp3) is 0.381. The summed E-state index contributed by atoms with van der Waals surface area (Å²) in [6.45, 7) is 7.91. The van der Waals surface area contributed by atoms with Gasteiger partial charge in [0, 0.05) is 32.2 Å². The molecule has 128 valence electrons. The number of nitrogens with one attached hydrogen (secondary N) is 1. The summed E-state index contributed by atoms with van der Waals surface area (Å²) in [5.41, 5.74) is 3.68. The van der Waals surface area contributed by atoms with Crippen LogP contribution in [0.5, 0.6) is 0 Å². The van der Waals surface area contributed by atoms with Gasteiger partial charge in [-0.05, 0) is 28.7 Å². The van der Waals surface area contributed by atoms with E-state index in [-0.39, 0.29) is 11.3 Å². The van der Waals surface area contributed by atoms with Crippen LogP contribution in [0.2, 0.25) is 0 Å². The molecule has 0 spiro atoms. The maximum atomic E-state index is 12.2. The largest absolute Gasteiger partial charge is 0.385 e. The molecule has 2 aromatic carbocycles. The second-order valence-electron chi connectivity index (χ2n) is 7.24. The quantitative estimate of drug-likeness (QED) is 0.851. The summed E-state index contributed by atoms with van der Waals surface area (Å²) in [5, 5.41) is 3.33. The normalized spacial score (nSPS) is 11.2. The van der Waals surface area contributed by atoms with E-state index in [1.807, 2.05) is 37.4 Å². The Bertz CT molecular complexity index is 642. The third kappa shape index (κ3) is 5.41. The third-order valence-electron chi connectivity index (χ3n) is 4.11. The molecule has 0 heterocycles. The van der Waals surface area contributed by atoms with Gasteiger partial charge in [0.2, 0.25) is 5.91 Å². The highest BCUT2D eigenvalue weighted by atomic mass is 16.2. The Hall–Kier alpha value is -2.29. The number of rotatable bonds is 6. The Morgan fingerprint density at radius 2 is 1.62 bits per heavy atom. The molecule has 3 heteroatoms. The molecule has 0 aromatic heterocycles. The fourth-order valence-corrected chi connectivity index (χ4v) is 2.54. The lowest BCUT2D eigenvalue weighted by Crippen LogP contribution is -2.27. The molecule has 0 unspecified atom stereocenters. The van der Waals surface area contributed by atoms with Crippen LogP contribution in [0.15, 0.2) is 54.6 Å². The summed E-state index contributed by atoms with van der Waals surface area (Å²) in [6.07, 6.45) is 0.490. The Balaban J connectivity index is 1.78. The first kappa shape index (κ1) is 18.1. The van der Waals surface area contributed by atoms with Crippen LogP contribution in [-0.4, -0.2) is 24.4 Å². The minimum absolute atomic E-state index is 0.151. The van der Waals surface area contributed by atoms with Crippen molar-refractivity contribution in [1.82, 2.24) is 4.90 Å². The van der Waals surface area contributed by atoms with Gasteiger partial charge in [-0.25, -0.2) is 0 Å². The molecule has 0 atom stereocenters. The standard InChI is InChI=1S/C21H28N2O/c1-21(2,3)18-10-12-19(13-11-18)22-15-14-20(24)23(4)16-17-8-6-5-7-9-17/h5-13,22H,14-16H2,1-4H3. The highest BCUT2D eigenvalue weighted by molar-refractivity contribution is 5.76. The number of carbonyl (C=O) groups is 1. The first-order valence-corrected chi connectivity index (χ1v) is 8.48. The summed E-state index contributed by atoms with van der Waals surface area (Å²) in [4.78, 5) is 14.0. The van der Waals surface area contributed by atoms with Crippen molar-refractivity contribution in [3.05, 3.63) is 65.7 Å². The van der Waals surface area contributed by atoms with E-state index in [9.17, 15) is 4.79 Å². The Morgan fingerprint density at radius 3 is 2.21 bits per heavy atom. The van der Waals surface area contributed by atoms with E-state index in [2.05, 4.69) is 50.4 Å². The summed E-state index contributed by atoms with van der Waals surface area (Å²) in [6, 6.07) is 18.5. The van der Waals surface area contributed by atoms with Crippen LogP contribution in [0.1, 0.15) is 38.3 Å². The van der Waals surface area contributed by atoms with Gasteiger partial charge < -0.3 is 10.2 Å². The maximum absolute atomic E-state index is 12.2. The highest BCUT2D eigenvalue weighted by Crippen LogP contribution is 2.23. The van der Waals surface area contributed by atoms with E-state index in [0.29, 0.717) is 19.5 Å². The average molecular weight is 324 g/mol. The molecule has 0 saturated carbocycles.